The topological polar surface area (TPSA) is 87.2 Å². The Morgan fingerprint density at radius 3 is 2.32 bits per heavy atom. The van der Waals surface area contributed by atoms with Gasteiger partial charge in [-0.1, -0.05) is 0 Å². The van der Waals surface area contributed by atoms with Gasteiger partial charge in [0.2, 0.25) is 0 Å². The second-order valence-electron chi connectivity index (χ2n) is 8.91. The number of aliphatic hydroxyl groups excluding tert-OH is 1. The Morgan fingerprint density at radius 1 is 1.05 bits per heavy atom. The fourth-order valence-electron chi connectivity index (χ4n) is 4.64. The predicted octanol–water partition coefficient (Wildman–Crippen LogP) is 3.82. The molecule has 1 aromatic carbocycles. The maximum Gasteiger partial charge on any atom is 0.573 e. The van der Waals surface area contributed by atoms with Gasteiger partial charge in [-0.25, -0.2) is 13.8 Å². The molecule has 1 atom stereocenters. The van der Waals surface area contributed by atoms with Gasteiger partial charge in [-0.15, -0.1) is 13.2 Å². The summed E-state index contributed by atoms with van der Waals surface area (Å²) in [4.78, 5) is 20.0. The van der Waals surface area contributed by atoms with Gasteiger partial charge >= 0.3 is 6.36 Å². The Kier molecular flexibility index (Phi) is 8.32. The van der Waals surface area contributed by atoms with E-state index in [1.165, 1.54) is 24.3 Å². The summed E-state index contributed by atoms with van der Waals surface area (Å²) in [5, 5.41) is 13.7. The number of aliphatic hydroxyl groups is 1. The lowest BCUT2D eigenvalue weighted by Crippen LogP contribution is -2.48. The number of benzene rings is 1. The predicted molar refractivity (Wildman–Crippen MR) is 122 cm³/mol. The minimum atomic E-state index is -4.78. The van der Waals surface area contributed by atoms with Crippen LogP contribution in [0.1, 0.15) is 37.7 Å². The highest BCUT2D eigenvalue weighted by molar-refractivity contribution is 5.77. The molecule has 1 aliphatic carbocycles. The van der Waals surface area contributed by atoms with E-state index in [2.05, 4.69) is 15.0 Å². The molecule has 1 unspecified atom stereocenters. The van der Waals surface area contributed by atoms with Crippen molar-refractivity contribution in [3.05, 3.63) is 48.2 Å². The third kappa shape index (κ3) is 7.19. The fourth-order valence-corrected chi connectivity index (χ4v) is 4.64. The molecule has 0 spiro atoms. The Bertz CT molecular complexity index is 1030. The number of nitrogens with zero attached hydrogens (tertiary/aromatic N) is 3. The second kappa shape index (κ2) is 11.5. The molecule has 0 radical (unpaired) electrons. The Hall–Kier alpha value is -3.19. The van der Waals surface area contributed by atoms with E-state index in [9.17, 15) is 31.9 Å². The number of halogens is 5. The molecule has 1 amide bonds. The first-order chi connectivity index (χ1) is 17.6. The van der Waals surface area contributed by atoms with E-state index in [0.29, 0.717) is 31.7 Å². The van der Waals surface area contributed by atoms with Gasteiger partial charge < -0.3 is 24.8 Å². The number of amides is 1. The van der Waals surface area contributed by atoms with E-state index in [1.807, 2.05) is 4.90 Å². The van der Waals surface area contributed by atoms with Crippen molar-refractivity contribution in [2.45, 2.75) is 56.9 Å². The highest BCUT2D eigenvalue weighted by Gasteiger charge is 2.37. The van der Waals surface area contributed by atoms with Crippen molar-refractivity contribution in [2.24, 2.45) is 0 Å². The number of hydrogen-bond donors (Lipinski definition) is 2. The molecule has 2 aliphatic rings. The van der Waals surface area contributed by atoms with Crippen LogP contribution in [-0.4, -0.2) is 65.4 Å². The molecule has 37 heavy (non-hydrogen) atoms. The summed E-state index contributed by atoms with van der Waals surface area (Å²) in [7, 11) is 0. The molecule has 2 aromatic rings. The average Bonchev–Trinajstić information content (AvgIpc) is 3.24. The van der Waals surface area contributed by atoms with Gasteiger partial charge in [0.25, 0.3) is 12.3 Å². The highest BCUT2D eigenvalue weighted by Crippen LogP contribution is 2.30. The molecular formula is C24H27F5N4O4. The van der Waals surface area contributed by atoms with Crippen molar-refractivity contribution in [3.8, 4) is 11.5 Å². The molecule has 0 bridgehead atoms. The summed E-state index contributed by atoms with van der Waals surface area (Å²) in [5.74, 6) is -0.0554. The van der Waals surface area contributed by atoms with E-state index in [1.54, 1.807) is 4.90 Å². The lowest BCUT2D eigenvalue weighted by atomic mass is 9.90. The number of anilines is 1. The SMILES string of the molecule is O=C(COc1ccc(OC(F)(F)F)cc1)N[C@H]1CC[C@H](N2CCN(c3ccc(C(F)F)cn3)C2O)CC1. The van der Waals surface area contributed by atoms with Crippen LogP contribution in [0.4, 0.5) is 27.8 Å². The zero-order valence-corrected chi connectivity index (χ0v) is 19.7. The first-order valence-corrected chi connectivity index (χ1v) is 11.8. The van der Waals surface area contributed by atoms with Crippen LogP contribution >= 0.6 is 0 Å². The number of carbonyl (C=O) groups excluding carboxylic acids is 1. The minimum absolute atomic E-state index is 0.0608. The number of aromatic nitrogens is 1. The summed E-state index contributed by atoms with van der Waals surface area (Å²) in [5.41, 5.74) is -0.173. The Morgan fingerprint density at radius 2 is 1.73 bits per heavy atom. The molecular weight excluding hydrogens is 503 g/mol. The molecule has 2 heterocycles. The Labute approximate surface area is 210 Å². The van der Waals surface area contributed by atoms with Gasteiger partial charge in [0.05, 0.1) is 0 Å². The summed E-state index contributed by atoms with van der Waals surface area (Å²) in [6, 6.07) is 7.59. The summed E-state index contributed by atoms with van der Waals surface area (Å²) in [6.07, 6.45) is -4.29. The van der Waals surface area contributed by atoms with Crippen molar-refractivity contribution in [1.29, 1.82) is 0 Å². The van der Waals surface area contributed by atoms with Crippen LogP contribution in [0.15, 0.2) is 42.6 Å². The van der Waals surface area contributed by atoms with E-state index in [0.717, 1.165) is 31.2 Å². The molecule has 2 N–H and O–H groups in total. The quantitative estimate of drug-likeness (QED) is 0.502. The molecule has 2 fully saturated rings. The van der Waals surface area contributed by atoms with Gasteiger partial charge in [-0.2, -0.15) is 0 Å². The van der Waals surface area contributed by atoms with Crippen LogP contribution in [0.5, 0.6) is 11.5 Å². The minimum Gasteiger partial charge on any atom is -0.484 e. The zero-order valence-electron chi connectivity index (χ0n) is 19.7. The molecule has 202 valence electrons. The van der Waals surface area contributed by atoms with Gasteiger partial charge in [0, 0.05) is 36.9 Å². The molecule has 1 aliphatic heterocycles. The van der Waals surface area contributed by atoms with Gasteiger partial charge in [0.15, 0.2) is 13.0 Å². The standard InChI is InChI=1S/C24H27F5N4O4/c25-22(26)15-1-10-20(30-13-15)33-12-11-32(23(33)35)17-4-2-16(3-5-17)31-21(34)14-36-18-6-8-19(9-7-18)37-24(27,28)29/h1,6-10,13,16-17,22-23,35H,2-5,11-12,14H2,(H,31,34)/t16-,17-,23?. The number of rotatable bonds is 8. The number of alkyl halides is 5. The Balaban J connectivity index is 1.19. The monoisotopic (exact) mass is 530 g/mol. The van der Waals surface area contributed by atoms with Crippen LogP contribution in [0.3, 0.4) is 0 Å². The number of carbonyl (C=O) groups is 1. The number of pyridine rings is 1. The first-order valence-electron chi connectivity index (χ1n) is 11.8. The van der Waals surface area contributed by atoms with Crippen LogP contribution in [0.2, 0.25) is 0 Å². The molecule has 1 saturated heterocycles. The number of nitrogens with one attached hydrogen (secondary N) is 1. The van der Waals surface area contributed by atoms with E-state index < -0.39 is 19.1 Å². The summed E-state index contributed by atoms with van der Waals surface area (Å²) < 4.78 is 71.3. The fraction of sp³-hybridized carbons (Fsp3) is 0.500. The van der Waals surface area contributed by atoms with E-state index >= 15 is 0 Å². The molecule has 13 heteroatoms. The lowest BCUT2D eigenvalue weighted by molar-refractivity contribution is -0.274. The van der Waals surface area contributed by atoms with Crippen molar-refractivity contribution < 1.29 is 41.3 Å². The van der Waals surface area contributed by atoms with Gasteiger partial charge in [-0.3, -0.25) is 9.69 Å². The molecule has 8 nitrogen and oxygen atoms in total. The molecule has 1 aromatic heterocycles. The van der Waals surface area contributed by atoms with Crippen LogP contribution < -0.4 is 19.7 Å². The smallest absolute Gasteiger partial charge is 0.484 e. The van der Waals surface area contributed by atoms with Crippen molar-refractivity contribution in [3.63, 3.8) is 0 Å². The third-order valence-electron chi connectivity index (χ3n) is 6.45. The van der Waals surface area contributed by atoms with Crippen LogP contribution in [-0.2, 0) is 4.79 Å². The van der Waals surface area contributed by atoms with Gasteiger partial charge in [-0.05, 0) is 62.1 Å². The normalized spacial score (nSPS) is 22.8. The van der Waals surface area contributed by atoms with Crippen molar-refractivity contribution in [1.82, 2.24) is 15.2 Å². The van der Waals surface area contributed by atoms with Crippen LogP contribution in [0.25, 0.3) is 0 Å². The summed E-state index contributed by atoms with van der Waals surface area (Å²) in [6.45, 7) is 0.831. The third-order valence-corrected chi connectivity index (χ3v) is 6.45. The van der Waals surface area contributed by atoms with Gasteiger partial charge in [0.1, 0.15) is 17.3 Å². The largest absolute Gasteiger partial charge is 0.573 e. The second-order valence-corrected chi connectivity index (χ2v) is 8.91. The maximum atomic E-state index is 12.8. The summed E-state index contributed by atoms with van der Waals surface area (Å²) >= 11 is 0. The number of hydrogen-bond acceptors (Lipinski definition) is 7. The van der Waals surface area contributed by atoms with E-state index in [4.69, 9.17) is 4.74 Å². The first kappa shape index (κ1) is 26.9. The zero-order chi connectivity index (χ0) is 26.6. The van der Waals surface area contributed by atoms with Crippen LogP contribution in [0, 0.1) is 0 Å². The average molecular weight is 530 g/mol. The maximum absolute atomic E-state index is 12.8. The molecule has 1 saturated carbocycles. The van der Waals surface area contributed by atoms with E-state index in [-0.39, 0.29) is 41.7 Å². The lowest BCUT2D eigenvalue weighted by Gasteiger charge is -2.37. The highest BCUT2D eigenvalue weighted by atomic mass is 19.4. The molecule has 4 rings (SSSR count). The number of ether oxygens (including phenoxy) is 2. The van der Waals surface area contributed by atoms with Crippen molar-refractivity contribution in [2.75, 3.05) is 24.6 Å². The van der Waals surface area contributed by atoms with Crippen molar-refractivity contribution >= 4 is 11.7 Å².